The lowest BCUT2D eigenvalue weighted by atomic mass is 9.90. The lowest BCUT2D eigenvalue weighted by molar-refractivity contribution is -0.133. The third-order valence-corrected chi connectivity index (χ3v) is 6.05. The molecule has 0 bridgehead atoms. The summed E-state index contributed by atoms with van der Waals surface area (Å²) in [5, 5.41) is 14.3. The third kappa shape index (κ3) is 4.52. The Morgan fingerprint density at radius 1 is 1.39 bits per heavy atom. The van der Waals surface area contributed by atoms with Crippen molar-refractivity contribution in [1.29, 1.82) is 0 Å². The third-order valence-electron chi connectivity index (χ3n) is 4.77. The number of nitrogens with zero attached hydrogens (tertiary/aromatic N) is 2. The molecule has 1 aromatic heterocycles. The summed E-state index contributed by atoms with van der Waals surface area (Å²) in [6.07, 6.45) is 5.02. The van der Waals surface area contributed by atoms with Crippen molar-refractivity contribution in [1.82, 2.24) is 15.2 Å². The number of aliphatic hydroxyl groups is 1. The van der Waals surface area contributed by atoms with E-state index < -0.39 is 6.10 Å². The minimum atomic E-state index is -0.842. The Kier molecular flexibility index (Phi) is 5.34. The highest BCUT2D eigenvalue weighted by molar-refractivity contribution is 7.11. The zero-order valence-corrected chi connectivity index (χ0v) is 14.8. The summed E-state index contributed by atoms with van der Waals surface area (Å²) in [6.45, 7) is 7.12. The number of likely N-dealkylation sites (tertiary alicyclic amines) is 1. The van der Waals surface area contributed by atoms with Gasteiger partial charge in [0.25, 0.3) is 0 Å². The summed E-state index contributed by atoms with van der Waals surface area (Å²) >= 11 is 1.79. The molecule has 1 atom stereocenters. The summed E-state index contributed by atoms with van der Waals surface area (Å²) in [7, 11) is 0. The first-order chi connectivity index (χ1) is 11.0. The maximum atomic E-state index is 11.9. The van der Waals surface area contributed by atoms with Crippen LogP contribution in [-0.2, 0) is 11.3 Å². The fourth-order valence-electron chi connectivity index (χ4n) is 3.01. The molecule has 0 radical (unpaired) electrons. The normalized spacial score (nSPS) is 21.6. The first-order valence-electron chi connectivity index (χ1n) is 8.68. The van der Waals surface area contributed by atoms with Crippen molar-refractivity contribution >= 4 is 17.2 Å². The fourth-order valence-corrected chi connectivity index (χ4v) is 3.98. The van der Waals surface area contributed by atoms with Gasteiger partial charge >= 0.3 is 0 Å². The first kappa shape index (κ1) is 16.9. The van der Waals surface area contributed by atoms with Gasteiger partial charge in [-0.3, -0.25) is 9.69 Å². The van der Waals surface area contributed by atoms with Crippen molar-refractivity contribution in [2.24, 2.45) is 5.92 Å². The highest BCUT2D eigenvalue weighted by Gasteiger charge is 2.33. The minimum absolute atomic E-state index is 0.0903. The van der Waals surface area contributed by atoms with E-state index in [2.05, 4.69) is 29.0 Å². The molecule has 5 nitrogen and oxygen atoms in total. The number of nitrogens with one attached hydrogen (secondary N) is 1. The molecule has 2 fully saturated rings. The average molecular weight is 337 g/mol. The van der Waals surface area contributed by atoms with E-state index in [1.54, 1.807) is 11.3 Å². The number of carbonyl (C=O) groups excluding carboxylic acids is 1. The van der Waals surface area contributed by atoms with Gasteiger partial charge in [-0.1, -0.05) is 13.8 Å². The van der Waals surface area contributed by atoms with Crippen molar-refractivity contribution in [3.05, 3.63) is 16.1 Å². The smallest absolute Gasteiger partial charge is 0.249 e. The number of hydrogen-bond acceptors (Lipinski definition) is 5. The maximum Gasteiger partial charge on any atom is 0.249 e. The molecule has 2 aliphatic rings. The summed E-state index contributed by atoms with van der Waals surface area (Å²) in [6, 6.07) is 0.317. The minimum Gasteiger partial charge on any atom is -0.383 e. The lowest BCUT2D eigenvalue weighted by Gasteiger charge is -2.33. The Bertz CT molecular complexity index is 534. The summed E-state index contributed by atoms with van der Waals surface area (Å²) in [4.78, 5) is 20.2. The highest BCUT2D eigenvalue weighted by atomic mass is 32.1. The molecule has 0 aromatic carbocycles. The van der Waals surface area contributed by atoms with Crippen molar-refractivity contribution in [3.63, 3.8) is 0 Å². The monoisotopic (exact) mass is 337 g/mol. The van der Waals surface area contributed by atoms with Gasteiger partial charge in [0.05, 0.1) is 6.54 Å². The van der Waals surface area contributed by atoms with Crippen LogP contribution >= 0.6 is 11.3 Å². The molecule has 128 valence electrons. The molecular weight excluding hydrogens is 310 g/mol. The zero-order chi connectivity index (χ0) is 16.4. The number of piperidine rings is 1. The van der Waals surface area contributed by atoms with Gasteiger partial charge in [-0.15, -0.1) is 11.3 Å². The average Bonchev–Trinajstić information content (AvgIpc) is 3.22. The summed E-state index contributed by atoms with van der Waals surface area (Å²) in [5.41, 5.74) is 0. The molecule has 0 spiro atoms. The molecule has 1 saturated carbocycles. The van der Waals surface area contributed by atoms with Crippen LogP contribution in [0.2, 0.25) is 0 Å². The Labute approximate surface area is 142 Å². The molecular formula is C17H27N3O2S. The standard InChI is InChI=1S/C17H27N3O2S/c1-11(2)14-9-18-15(23-14)10-20-7-5-12(6-8-20)16(21)17(22)19-13-3-4-13/h9,11-13,16,21H,3-8,10H2,1-2H3,(H,19,22)/t16-/m0/s1. The zero-order valence-electron chi connectivity index (χ0n) is 14.0. The Hall–Kier alpha value is -0.980. The number of aliphatic hydroxyl groups excluding tert-OH is 1. The van der Waals surface area contributed by atoms with Crippen LogP contribution in [0, 0.1) is 5.92 Å². The van der Waals surface area contributed by atoms with Gasteiger partial charge in [0.1, 0.15) is 11.1 Å². The van der Waals surface area contributed by atoms with Crippen LogP contribution in [0.4, 0.5) is 0 Å². The van der Waals surface area contributed by atoms with E-state index in [-0.39, 0.29) is 11.8 Å². The summed E-state index contributed by atoms with van der Waals surface area (Å²) in [5.74, 6) is 0.451. The summed E-state index contributed by atoms with van der Waals surface area (Å²) < 4.78 is 0. The van der Waals surface area contributed by atoms with Crippen LogP contribution in [0.25, 0.3) is 0 Å². The van der Waals surface area contributed by atoms with Gasteiger partial charge in [-0.05, 0) is 50.6 Å². The maximum absolute atomic E-state index is 11.9. The first-order valence-corrected chi connectivity index (χ1v) is 9.50. The largest absolute Gasteiger partial charge is 0.383 e. The second-order valence-electron chi connectivity index (χ2n) is 7.15. The Morgan fingerprint density at radius 3 is 2.65 bits per heavy atom. The molecule has 1 aromatic rings. The SMILES string of the molecule is CC(C)c1cnc(CN2CCC([C@H](O)C(=O)NC3CC3)CC2)s1. The van der Waals surface area contributed by atoms with Crippen LogP contribution in [0.15, 0.2) is 6.20 Å². The quantitative estimate of drug-likeness (QED) is 0.834. The molecule has 1 aliphatic heterocycles. The van der Waals surface area contributed by atoms with E-state index in [0.29, 0.717) is 12.0 Å². The molecule has 6 heteroatoms. The predicted molar refractivity (Wildman–Crippen MR) is 91.4 cm³/mol. The molecule has 23 heavy (non-hydrogen) atoms. The number of rotatable bonds is 6. The fraction of sp³-hybridized carbons (Fsp3) is 0.765. The second-order valence-corrected chi connectivity index (χ2v) is 8.30. The van der Waals surface area contributed by atoms with Gasteiger partial charge in [0.15, 0.2) is 0 Å². The van der Waals surface area contributed by atoms with Crippen molar-refractivity contribution in [2.75, 3.05) is 13.1 Å². The molecule has 2 N–H and O–H groups in total. The molecule has 2 heterocycles. The van der Waals surface area contributed by atoms with Crippen LogP contribution in [0.1, 0.15) is 55.3 Å². The van der Waals surface area contributed by atoms with Gasteiger partial charge in [-0.2, -0.15) is 0 Å². The van der Waals surface area contributed by atoms with E-state index in [4.69, 9.17) is 0 Å². The van der Waals surface area contributed by atoms with Crippen LogP contribution in [0.5, 0.6) is 0 Å². The van der Waals surface area contributed by atoms with Gasteiger partial charge in [-0.25, -0.2) is 4.98 Å². The van der Waals surface area contributed by atoms with E-state index in [1.807, 2.05) is 6.20 Å². The van der Waals surface area contributed by atoms with Gasteiger partial charge in [0, 0.05) is 17.1 Å². The van der Waals surface area contributed by atoms with Crippen molar-refractivity contribution < 1.29 is 9.90 Å². The van der Waals surface area contributed by atoms with E-state index in [0.717, 1.165) is 45.3 Å². The number of amides is 1. The number of hydrogen-bond donors (Lipinski definition) is 2. The van der Waals surface area contributed by atoms with Crippen LogP contribution < -0.4 is 5.32 Å². The van der Waals surface area contributed by atoms with E-state index in [1.165, 1.54) is 9.88 Å². The van der Waals surface area contributed by atoms with Crippen molar-refractivity contribution in [3.8, 4) is 0 Å². The Balaban J connectivity index is 1.44. The second kappa shape index (κ2) is 7.28. The van der Waals surface area contributed by atoms with Crippen LogP contribution in [0.3, 0.4) is 0 Å². The molecule has 1 aliphatic carbocycles. The number of carbonyl (C=O) groups is 1. The van der Waals surface area contributed by atoms with Crippen LogP contribution in [-0.4, -0.2) is 46.1 Å². The molecule has 0 unspecified atom stereocenters. The molecule has 1 amide bonds. The highest BCUT2D eigenvalue weighted by Crippen LogP contribution is 2.26. The lowest BCUT2D eigenvalue weighted by Crippen LogP contribution is -2.44. The van der Waals surface area contributed by atoms with Gasteiger partial charge in [0.2, 0.25) is 5.91 Å². The molecule has 3 rings (SSSR count). The van der Waals surface area contributed by atoms with E-state index in [9.17, 15) is 9.90 Å². The number of aromatic nitrogens is 1. The Morgan fingerprint density at radius 2 is 2.09 bits per heavy atom. The predicted octanol–water partition coefficient (Wildman–Crippen LogP) is 2.12. The van der Waals surface area contributed by atoms with E-state index >= 15 is 0 Å². The van der Waals surface area contributed by atoms with Crippen molar-refractivity contribution in [2.45, 2.75) is 64.1 Å². The molecule has 1 saturated heterocycles. The van der Waals surface area contributed by atoms with Gasteiger partial charge < -0.3 is 10.4 Å². The topological polar surface area (TPSA) is 65.5 Å². The number of thiazole rings is 1.